The molecule has 24 heavy (non-hydrogen) atoms. The van der Waals surface area contributed by atoms with Gasteiger partial charge in [-0.15, -0.1) is 36.2 Å². The summed E-state index contributed by atoms with van der Waals surface area (Å²) in [6.07, 6.45) is 7.39. The van der Waals surface area contributed by atoms with Crippen molar-refractivity contribution in [3.63, 3.8) is 0 Å². The van der Waals surface area contributed by atoms with Crippen LogP contribution >= 0.6 is 36.2 Å². The molecule has 0 saturated carbocycles. The summed E-state index contributed by atoms with van der Waals surface area (Å²) in [6, 6.07) is -0.0297. The number of aromatic nitrogens is 3. The molecule has 9 heteroatoms. The van der Waals surface area contributed by atoms with Gasteiger partial charge in [0.25, 0.3) is 5.91 Å². The van der Waals surface area contributed by atoms with Crippen LogP contribution < -0.4 is 5.32 Å². The van der Waals surface area contributed by atoms with E-state index >= 15 is 0 Å². The van der Waals surface area contributed by atoms with Crippen LogP contribution in [-0.2, 0) is 13.5 Å². The van der Waals surface area contributed by atoms with Gasteiger partial charge >= 0.3 is 0 Å². The van der Waals surface area contributed by atoms with Crippen molar-refractivity contribution >= 4 is 42.1 Å². The summed E-state index contributed by atoms with van der Waals surface area (Å²) in [5.41, 5.74) is 0. The maximum Gasteiger partial charge on any atom is 0.266 e. The Morgan fingerprint density at radius 2 is 2.21 bits per heavy atom. The molecule has 0 radical (unpaired) electrons. The van der Waals surface area contributed by atoms with Crippen molar-refractivity contribution in [3.8, 4) is 0 Å². The summed E-state index contributed by atoms with van der Waals surface area (Å²) >= 11 is 1.51. The third-order valence-corrected chi connectivity index (χ3v) is 4.93. The van der Waals surface area contributed by atoms with Crippen molar-refractivity contribution in [1.82, 2.24) is 24.8 Å². The van der Waals surface area contributed by atoms with Crippen molar-refractivity contribution in [2.75, 3.05) is 19.6 Å². The van der Waals surface area contributed by atoms with Crippen LogP contribution in [0.4, 0.5) is 0 Å². The van der Waals surface area contributed by atoms with Crippen LogP contribution in [0.1, 0.15) is 39.9 Å². The molecule has 0 aromatic carbocycles. The molecule has 3 heterocycles. The zero-order chi connectivity index (χ0) is 15.5. The van der Waals surface area contributed by atoms with E-state index in [4.69, 9.17) is 0 Å². The second kappa shape index (κ2) is 9.36. The molecule has 1 aliphatic rings. The smallest absolute Gasteiger partial charge is 0.266 e. The number of imidazole rings is 1. The van der Waals surface area contributed by atoms with Crippen LogP contribution in [0.3, 0.4) is 0 Å². The van der Waals surface area contributed by atoms with Gasteiger partial charge in [0.15, 0.2) is 0 Å². The van der Waals surface area contributed by atoms with Gasteiger partial charge in [0.2, 0.25) is 0 Å². The molecular weight excluding hydrogens is 369 g/mol. The number of halogens is 2. The molecule has 1 atom stereocenters. The normalized spacial score (nSPS) is 17.1. The summed E-state index contributed by atoms with van der Waals surface area (Å²) in [7, 11) is 1.96. The second-order valence-corrected chi connectivity index (χ2v) is 6.60. The first kappa shape index (κ1) is 20.9. The molecule has 3 rings (SSSR count). The van der Waals surface area contributed by atoms with E-state index in [9.17, 15) is 4.79 Å². The molecule has 1 unspecified atom stereocenters. The van der Waals surface area contributed by atoms with Crippen molar-refractivity contribution in [2.24, 2.45) is 7.05 Å². The molecule has 1 N–H and O–H groups in total. The van der Waals surface area contributed by atoms with Crippen LogP contribution in [0.15, 0.2) is 18.6 Å². The lowest BCUT2D eigenvalue weighted by molar-refractivity contribution is 0.0625. The van der Waals surface area contributed by atoms with Crippen LogP contribution in [0, 0.1) is 0 Å². The summed E-state index contributed by atoms with van der Waals surface area (Å²) in [6.45, 7) is 4.36. The number of hydrogen-bond acceptors (Lipinski definition) is 5. The van der Waals surface area contributed by atoms with Gasteiger partial charge in [0, 0.05) is 39.1 Å². The minimum absolute atomic E-state index is 0. The van der Waals surface area contributed by atoms with E-state index in [2.05, 4.69) is 22.2 Å². The molecule has 0 spiro atoms. The summed E-state index contributed by atoms with van der Waals surface area (Å²) in [5, 5.41) is 4.39. The highest BCUT2D eigenvalue weighted by molar-refractivity contribution is 7.13. The van der Waals surface area contributed by atoms with E-state index in [0.717, 1.165) is 41.6 Å². The number of amides is 1. The number of thiazole rings is 1. The maximum absolute atomic E-state index is 12.9. The highest BCUT2D eigenvalue weighted by atomic mass is 35.5. The second-order valence-electron chi connectivity index (χ2n) is 5.48. The highest BCUT2D eigenvalue weighted by Gasteiger charge is 2.31. The van der Waals surface area contributed by atoms with Gasteiger partial charge in [0.1, 0.15) is 16.7 Å². The molecule has 134 valence electrons. The monoisotopic (exact) mass is 391 g/mol. The van der Waals surface area contributed by atoms with Gasteiger partial charge in [-0.05, 0) is 12.8 Å². The van der Waals surface area contributed by atoms with Crippen LogP contribution in [0.25, 0.3) is 0 Å². The quantitative estimate of drug-likeness (QED) is 0.868. The third-order valence-electron chi connectivity index (χ3n) is 3.89. The molecule has 0 aliphatic carbocycles. The number of piperazine rings is 1. The van der Waals surface area contributed by atoms with E-state index in [-0.39, 0.29) is 36.8 Å². The minimum Gasteiger partial charge on any atom is -0.336 e. The zero-order valence-corrected chi connectivity index (χ0v) is 16.2. The predicted octanol–water partition coefficient (Wildman–Crippen LogP) is 2.46. The zero-order valence-electron chi connectivity index (χ0n) is 13.8. The number of carbonyl (C=O) groups is 1. The standard InChI is InChI=1S/C15H21N5OS.2ClH/c1-3-4-13-18-10-12(22-13)15(21)20-8-5-16-9-11(20)14-17-6-7-19(14)2;;/h6-7,10-11,16H,3-5,8-9H2,1-2H3;2*1H. The number of rotatable bonds is 4. The number of hydrogen-bond donors (Lipinski definition) is 1. The third kappa shape index (κ3) is 4.27. The van der Waals surface area contributed by atoms with E-state index in [1.54, 1.807) is 12.4 Å². The number of carbonyl (C=O) groups excluding carboxylic acids is 1. The Morgan fingerprint density at radius 3 is 2.88 bits per heavy atom. The van der Waals surface area contributed by atoms with Gasteiger partial charge in [0.05, 0.1) is 11.2 Å². The van der Waals surface area contributed by atoms with Gasteiger partial charge in [-0.25, -0.2) is 9.97 Å². The lowest BCUT2D eigenvalue weighted by Gasteiger charge is -2.35. The maximum atomic E-state index is 12.9. The molecular formula is C15H23Cl2N5OS. The average molecular weight is 392 g/mol. The Kier molecular flexibility index (Phi) is 8.15. The molecule has 1 fully saturated rings. The highest BCUT2D eigenvalue weighted by Crippen LogP contribution is 2.25. The van der Waals surface area contributed by atoms with Crippen LogP contribution in [0.2, 0.25) is 0 Å². The Labute approximate surface area is 158 Å². The lowest BCUT2D eigenvalue weighted by Crippen LogP contribution is -2.49. The Bertz CT molecular complexity index is 660. The largest absolute Gasteiger partial charge is 0.336 e. The van der Waals surface area contributed by atoms with Crippen LogP contribution in [0.5, 0.6) is 0 Å². The Morgan fingerprint density at radius 1 is 1.42 bits per heavy atom. The van der Waals surface area contributed by atoms with Crippen molar-refractivity contribution in [1.29, 1.82) is 0 Å². The molecule has 0 bridgehead atoms. The number of nitrogens with one attached hydrogen (secondary N) is 1. The fourth-order valence-electron chi connectivity index (χ4n) is 2.76. The van der Waals surface area contributed by atoms with Gasteiger partial charge in [-0.3, -0.25) is 4.79 Å². The molecule has 1 aliphatic heterocycles. The molecule has 2 aromatic heterocycles. The van der Waals surface area contributed by atoms with Gasteiger partial charge in [-0.2, -0.15) is 0 Å². The summed E-state index contributed by atoms with van der Waals surface area (Å²) < 4.78 is 1.98. The fourth-order valence-corrected chi connectivity index (χ4v) is 3.73. The van der Waals surface area contributed by atoms with E-state index < -0.39 is 0 Å². The number of nitrogens with zero attached hydrogens (tertiary/aromatic N) is 4. The van der Waals surface area contributed by atoms with E-state index in [1.807, 2.05) is 22.7 Å². The molecule has 1 saturated heterocycles. The van der Waals surface area contributed by atoms with Crippen molar-refractivity contribution in [3.05, 3.63) is 34.3 Å². The Balaban J connectivity index is 0.00000144. The number of aryl methyl sites for hydroxylation is 2. The average Bonchev–Trinajstić information content (AvgIpc) is 3.16. The van der Waals surface area contributed by atoms with Gasteiger partial charge in [-0.1, -0.05) is 6.92 Å². The first-order valence-electron chi connectivity index (χ1n) is 7.64. The first-order chi connectivity index (χ1) is 10.7. The van der Waals surface area contributed by atoms with E-state index in [0.29, 0.717) is 6.54 Å². The molecule has 1 amide bonds. The van der Waals surface area contributed by atoms with Crippen LogP contribution in [-0.4, -0.2) is 45.0 Å². The van der Waals surface area contributed by atoms with Gasteiger partial charge < -0.3 is 14.8 Å². The van der Waals surface area contributed by atoms with Crippen molar-refractivity contribution in [2.45, 2.75) is 25.8 Å². The minimum atomic E-state index is -0.0297. The fraction of sp³-hybridized carbons (Fsp3) is 0.533. The molecule has 6 nitrogen and oxygen atoms in total. The Hall–Kier alpha value is -1.15. The summed E-state index contributed by atoms with van der Waals surface area (Å²) in [4.78, 5) is 24.3. The molecule has 2 aromatic rings. The van der Waals surface area contributed by atoms with E-state index in [1.165, 1.54) is 11.3 Å². The first-order valence-corrected chi connectivity index (χ1v) is 8.46. The predicted molar refractivity (Wildman–Crippen MR) is 100 cm³/mol. The lowest BCUT2D eigenvalue weighted by atomic mass is 10.1. The van der Waals surface area contributed by atoms with Crippen molar-refractivity contribution < 1.29 is 4.79 Å². The summed E-state index contributed by atoms with van der Waals surface area (Å²) in [5.74, 6) is 0.980. The SMILES string of the molecule is CCCc1ncc(C(=O)N2CCNCC2c2nccn2C)s1.Cl.Cl. The topological polar surface area (TPSA) is 63.1 Å².